The van der Waals surface area contributed by atoms with Gasteiger partial charge in [0, 0.05) is 13.7 Å². The smallest absolute Gasteiger partial charge is 0.379 e. The first-order valence-electron chi connectivity index (χ1n) is 10.6. The molecule has 0 radical (unpaired) electrons. The molecular weight excluding hydrogens is 358 g/mol. The van der Waals surface area contributed by atoms with E-state index in [2.05, 4.69) is 12.2 Å². The molecule has 0 aliphatic rings. The molecule has 0 aliphatic heterocycles. The van der Waals surface area contributed by atoms with Gasteiger partial charge in [0.1, 0.15) is 0 Å². The second-order valence-electron chi connectivity index (χ2n) is 9.05. The van der Waals surface area contributed by atoms with Gasteiger partial charge in [0.2, 0.25) is 0 Å². The van der Waals surface area contributed by atoms with Crippen LogP contribution in [0.25, 0.3) is 0 Å². The Kier molecular flexibility index (Phi) is 11.9. The van der Waals surface area contributed by atoms with Gasteiger partial charge >= 0.3 is 12.1 Å². The molecule has 166 valence electrons. The van der Waals surface area contributed by atoms with E-state index >= 15 is 0 Å². The Balaban J connectivity index is 4.18. The first-order chi connectivity index (χ1) is 12.9. The first kappa shape index (κ1) is 26.9. The van der Waals surface area contributed by atoms with Crippen LogP contribution in [0.3, 0.4) is 0 Å². The fraction of sp³-hybridized carbons (Fsp3) is 0.909. The summed E-state index contributed by atoms with van der Waals surface area (Å²) in [6.07, 6.45) is 5.02. The van der Waals surface area contributed by atoms with Crippen molar-refractivity contribution in [1.82, 2.24) is 5.32 Å². The van der Waals surface area contributed by atoms with Gasteiger partial charge in [0.05, 0.1) is 23.2 Å². The number of amides is 1. The van der Waals surface area contributed by atoms with Crippen LogP contribution < -0.4 is 5.32 Å². The van der Waals surface area contributed by atoms with E-state index in [1.54, 1.807) is 7.11 Å². The number of alkyl carbamates (subject to hydrolysis) is 1. The molecule has 28 heavy (non-hydrogen) atoms. The Labute approximate surface area is 172 Å². The molecule has 1 amide bonds. The van der Waals surface area contributed by atoms with Crippen LogP contribution >= 0.6 is 0 Å². The van der Waals surface area contributed by atoms with E-state index in [0.29, 0.717) is 19.6 Å². The Morgan fingerprint density at radius 2 is 1.54 bits per heavy atom. The first-order valence-corrected chi connectivity index (χ1v) is 10.6. The topological polar surface area (TPSA) is 73.9 Å². The highest BCUT2D eigenvalue weighted by Crippen LogP contribution is 2.29. The maximum atomic E-state index is 12.3. The van der Waals surface area contributed by atoms with Gasteiger partial charge in [-0.25, -0.2) is 4.79 Å². The normalized spacial score (nSPS) is 14.4. The highest BCUT2D eigenvalue weighted by Gasteiger charge is 2.33. The van der Waals surface area contributed by atoms with E-state index in [-0.39, 0.29) is 11.2 Å². The van der Waals surface area contributed by atoms with Crippen LogP contribution in [-0.2, 0) is 19.0 Å². The van der Waals surface area contributed by atoms with Gasteiger partial charge in [-0.2, -0.15) is 0 Å². The molecule has 0 aromatic rings. The molecule has 0 bridgehead atoms. The number of ether oxygens (including phenoxy) is 3. The third kappa shape index (κ3) is 11.0. The molecule has 0 rings (SSSR count). The van der Waals surface area contributed by atoms with Crippen LogP contribution in [0.5, 0.6) is 0 Å². The van der Waals surface area contributed by atoms with Gasteiger partial charge in [-0.1, -0.05) is 26.7 Å². The zero-order valence-electron chi connectivity index (χ0n) is 19.4. The van der Waals surface area contributed by atoms with Crippen LogP contribution in [0.15, 0.2) is 0 Å². The zero-order valence-corrected chi connectivity index (χ0v) is 19.4. The third-order valence-electron chi connectivity index (χ3n) is 5.52. The summed E-state index contributed by atoms with van der Waals surface area (Å²) in [6, 6.07) is 0. The van der Waals surface area contributed by atoms with E-state index in [4.69, 9.17) is 14.2 Å². The van der Waals surface area contributed by atoms with E-state index < -0.39 is 17.5 Å². The molecule has 0 aromatic carbocycles. The van der Waals surface area contributed by atoms with Crippen molar-refractivity contribution >= 4 is 12.1 Å². The molecule has 0 saturated carbocycles. The molecule has 0 heterocycles. The monoisotopic (exact) mass is 401 g/mol. The molecule has 1 N–H and O–H groups in total. The maximum Gasteiger partial charge on any atom is 0.414 e. The van der Waals surface area contributed by atoms with Crippen LogP contribution in [0.4, 0.5) is 4.79 Å². The van der Waals surface area contributed by atoms with Crippen LogP contribution in [0.2, 0.25) is 0 Å². The molecule has 0 spiro atoms. The molecule has 0 aromatic heterocycles. The van der Waals surface area contributed by atoms with Crippen molar-refractivity contribution in [3.8, 4) is 0 Å². The summed E-state index contributed by atoms with van der Waals surface area (Å²) in [5.41, 5.74) is -1.08. The fourth-order valence-electron chi connectivity index (χ4n) is 2.69. The maximum absolute atomic E-state index is 12.3. The van der Waals surface area contributed by atoms with Gasteiger partial charge in [0.15, 0.2) is 0 Å². The fourth-order valence-corrected chi connectivity index (χ4v) is 2.69. The lowest BCUT2D eigenvalue weighted by molar-refractivity contribution is -0.148. The number of rotatable bonds is 14. The molecule has 0 saturated heterocycles. The third-order valence-corrected chi connectivity index (χ3v) is 5.52. The van der Waals surface area contributed by atoms with Crippen molar-refractivity contribution in [2.45, 2.75) is 105 Å². The average molecular weight is 402 g/mol. The predicted molar refractivity (Wildman–Crippen MR) is 112 cm³/mol. The SMILES string of the molecule is CCCCC(C)(CC)C(=O)OC(=O)NCCCC(C)(C)OCCC(C)(C)OC. The summed E-state index contributed by atoms with van der Waals surface area (Å²) in [4.78, 5) is 24.2. The standard InChI is InChI=1S/C22H43NO5/c1-9-11-14-22(7,10-2)18(24)28-19(25)23-16-12-13-21(5,6)27-17-15-20(3,4)26-8/h9-17H2,1-8H3,(H,23,25). The van der Waals surface area contributed by atoms with E-state index in [1.807, 2.05) is 41.5 Å². The van der Waals surface area contributed by atoms with Gasteiger partial charge in [-0.3, -0.25) is 4.79 Å². The lowest BCUT2D eigenvalue weighted by Crippen LogP contribution is -2.36. The number of nitrogens with one attached hydrogen (secondary N) is 1. The Bertz CT molecular complexity index is 476. The van der Waals surface area contributed by atoms with Crippen molar-refractivity contribution in [2.24, 2.45) is 5.41 Å². The highest BCUT2D eigenvalue weighted by molar-refractivity contribution is 5.87. The summed E-state index contributed by atoms with van der Waals surface area (Å²) in [5.74, 6) is -0.439. The number of unbranched alkanes of at least 4 members (excludes halogenated alkanes) is 1. The Hall–Kier alpha value is -1.14. The molecule has 1 atom stereocenters. The Morgan fingerprint density at radius 3 is 2.07 bits per heavy atom. The van der Waals surface area contributed by atoms with Crippen molar-refractivity contribution in [3.63, 3.8) is 0 Å². The van der Waals surface area contributed by atoms with Crippen molar-refractivity contribution in [3.05, 3.63) is 0 Å². The average Bonchev–Trinajstić information content (AvgIpc) is 2.62. The largest absolute Gasteiger partial charge is 0.414 e. The molecule has 6 heteroatoms. The minimum atomic E-state index is -0.665. The minimum Gasteiger partial charge on any atom is -0.379 e. The number of hydrogen-bond acceptors (Lipinski definition) is 5. The van der Waals surface area contributed by atoms with Gasteiger partial charge in [-0.05, 0) is 66.7 Å². The second-order valence-corrected chi connectivity index (χ2v) is 9.05. The Morgan fingerprint density at radius 1 is 0.893 bits per heavy atom. The van der Waals surface area contributed by atoms with Crippen molar-refractivity contribution < 1.29 is 23.8 Å². The molecule has 1 unspecified atom stereocenters. The van der Waals surface area contributed by atoms with Crippen molar-refractivity contribution in [2.75, 3.05) is 20.3 Å². The molecule has 6 nitrogen and oxygen atoms in total. The lowest BCUT2D eigenvalue weighted by atomic mass is 9.82. The van der Waals surface area contributed by atoms with Crippen molar-refractivity contribution in [1.29, 1.82) is 0 Å². The van der Waals surface area contributed by atoms with Crippen LogP contribution in [0, 0.1) is 5.41 Å². The lowest BCUT2D eigenvalue weighted by Gasteiger charge is -2.29. The molecule has 0 aliphatic carbocycles. The van der Waals surface area contributed by atoms with Gasteiger partial charge in [0.25, 0.3) is 0 Å². The zero-order chi connectivity index (χ0) is 21.8. The van der Waals surface area contributed by atoms with E-state index in [0.717, 1.165) is 38.5 Å². The summed E-state index contributed by atoms with van der Waals surface area (Å²) < 4.78 is 16.4. The molecule has 0 fully saturated rings. The van der Waals surface area contributed by atoms with Gasteiger partial charge in [-0.15, -0.1) is 0 Å². The summed E-state index contributed by atoms with van der Waals surface area (Å²) in [5, 5.41) is 2.67. The quantitative estimate of drug-likeness (QED) is 0.245. The highest BCUT2D eigenvalue weighted by atomic mass is 16.6. The summed E-state index contributed by atoms with van der Waals surface area (Å²) >= 11 is 0. The number of esters is 1. The predicted octanol–water partition coefficient (Wildman–Crippen LogP) is 5.24. The van der Waals surface area contributed by atoms with Crippen LogP contribution in [0.1, 0.15) is 93.4 Å². The molecular formula is C22H43NO5. The minimum absolute atomic E-state index is 0.196. The number of carbonyl (C=O) groups excluding carboxylic acids is 2. The number of carbonyl (C=O) groups is 2. The number of methoxy groups -OCH3 is 1. The summed E-state index contributed by atoms with van der Waals surface area (Å²) in [6.45, 7) is 15.1. The van der Waals surface area contributed by atoms with E-state index in [1.165, 1.54) is 0 Å². The van der Waals surface area contributed by atoms with Crippen LogP contribution in [-0.4, -0.2) is 43.5 Å². The van der Waals surface area contributed by atoms with E-state index in [9.17, 15) is 9.59 Å². The van der Waals surface area contributed by atoms with Gasteiger partial charge < -0.3 is 19.5 Å². The summed E-state index contributed by atoms with van der Waals surface area (Å²) in [7, 11) is 1.70. The number of hydrogen-bond donors (Lipinski definition) is 1. The second kappa shape index (κ2) is 12.4.